The summed E-state index contributed by atoms with van der Waals surface area (Å²) in [6.07, 6.45) is 1.19. The minimum atomic E-state index is -0.665. The summed E-state index contributed by atoms with van der Waals surface area (Å²) in [5, 5.41) is 0. The number of nitrogens with two attached hydrogens (primary N) is 1. The van der Waals surface area contributed by atoms with Crippen molar-refractivity contribution in [3.63, 3.8) is 0 Å². The van der Waals surface area contributed by atoms with Crippen LogP contribution in [0.3, 0.4) is 0 Å². The van der Waals surface area contributed by atoms with Gasteiger partial charge in [-0.1, -0.05) is 49.4 Å². The minimum absolute atomic E-state index is 0.365. The number of ether oxygens (including phenoxy) is 2. The van der Waals surface area contributed by atoms with E-state index in [1.807, 2.05) is 75.4 Å². The maximum Gasteiger partial charge on any atom is 0.323 e. The summed E-state index contributed by atoms with van der Waals surface area (Å²) in [6.45, 7) is 6.28. The fourth-order valence-corrected chi connectivity index (χ4v) is 2.22. The van der Waals surface area contributed by atoms with Gasteiger partial charge in [0.25, 0.3) is 0 Å². The highest BCUT2D eigenvalue weighted by atomic mass is 16.6. The Morgan fingerprint density at radius 1 is 1.04 bits per heavy atom. The number of esters is 1. The Morgan fingerprint density at radius 2 is 1.68 bits per heavy atom. The molecule has 2 rings (SSSR count). The van der Waals surface area contributed by atoms with Crippen molar-refractivity contribution in [2.45, 2.75) is 51.9 Å². The van der Waals surface area contributed by atoms with Gasteiger partial charge in [-0.15, -0.1) is 0 Å². The first kappa shape index (κ1) is 19.0. The Balaban J connectivity index is 1.86. The quantitative estimate of drug-likeness (QED) is 0.741. The molecule has 2 aromatic rings. The molecule has 0 aromatic heterocycles. The van der Waals surface area contributed by atoms with Gasteiger partial charge >= 0.3 is 5.97 Å². The van der Waals surface area contributed by atoms with E-state index in [1.54, 1.807) is 0 Å². The summed E-state index contributed by atoms with van der Waals surface area (Å²) in [6, 6.07) is 17.0. The van der Waals surface area contributed by atoms with Crippen molar-refractivity contribution in [1.29, 1.82) is 0 Å². The first-order valence-electron chi connectivity index (χ1n) is 8.64. The molecule has 0 fully saturated rings. The van der Waals surface area contributed by atoms with Crippen LogP contribution in [0, 0.1) is 0 Å². The Labute approximate surface area is 150 Å². The second-order valence-corrected chi connectivity index (χ2v) is 6.76. The molecule has 2 N–H and O–H groups in total. The Morgan fingerprint density at radius 3 is 2.28 bits per heavy atom. The van der Waals surface area contributed by atoms with E-state index in [9.17, 15) is 4.79 Å². The lowest BCUT2D eigenvalue weighted by Crippen LogP contribution is -2.39. The highest BCUT2D eigenvalue weighted by Gasteiger charge is 2.24. The predicted octanol–water partition coefficient (Wildman–Crippen LogP) is 3.87. The standard InChI is InChI=1S/C21H27NO3/c1-4-21(2,3)25-20(23)19(22)14-16-10-12-18(13-11-16)24-15-17-8-6-5-7-9-17/h5-13,19H,4,14-15,22H2,1-3H3. The van der Waals surface area contributed by atoms with E-state index in [4.69, 9.17) is 15.2 Å². The van der Waals surface area contributed by atoms with Crippen LogP contribution in [0.5, 0.6) is 5.75 Å². The molecule has 0 saturated heterocycles. The third-order valence-electron chi connectivity index (χ3n) is 4.16. The third-order valence-corrected chi connectivity index (χ3v) is 4.16. The number of hydrogen-bond acceptors (Lipinski definition) is 4. The molecule has 0 aliphatic carbocycles. The average molecular weight is 341 g/mol. The van der Waals surface area contributed by atoms with E-state index in [-0.39, 0.29) is 5.97 Å². The molecule has 0 amide bonds. The number of hydrogen-bond donors (Lipinski definition) is 1. The lowest BCUT2D eigenvalue weighted by Gasteiger charge is -2.25. The van der Waals surface area contributed by atoms with Crippen LogP contribution in [0.4, 0.5) is 0 Å². The van der Waals surface area contributed by atoms with Gasteiger partial charge < -0.3 is 15.2 Å². The van der Waals surface area contributed by atoms with Crippen molar-refractivity contribution in [3.05, 3.63) is 65.7 Å². The van der Waals surface area contributed by atoms with Crippen LogP contribution in [-0.2, 0) is 22.6 Å². The molecule has 1 unspecified atom stereocenters. The summed E-state index contributed by atoms with van der Waals surface area (Å²) in [4.78, 5) is 12.1. The zero-order chi connectivity index (χ0) is 18.3. The third kappa shape index (κ3) is 6.24. The van der Waals surface area contributed by atoms with Gasteiger partial charge in [-0.05, 0) is 49.9 Å². The lowest BCUT2D eigenvalue weighted by atomic mass is 10.0. The summed E-state index contributed by atoms with van der Waals surface area (Å²) in [5.74, 6) is 0.423. The molecular formula is C21H27NO3. The molecule has 4 heteroatoms. The van der Waals surface area contributed by atoms with Crippen molar-refractivity contribution in [1.82, 2.24) is 0 Å². The second-order valence-electron chi connectivity index (χ2n) is 6.76. The number of benzene rings is 2. The molecule has 25 heavy (non-hydrogen) atoms. The van der Waals surface area contributed by atoms with Gasteiger partial charge in [0.2, 0.25) is 0 Å². The molecule has 0 aliphatic heterocycles. The predicted molar refractivity (Wildman–Crippen MR) is 99.4 cm³/mol. The van der Waals surface area contributed by atoms with Gasteiger partial charge in [0.05, 0.1) is 0 Å². The molecule has 0 radical (unpaired) electrons. The Bertz CT molecular complexity index is 665. The Hall–Kier alpha value is -2.33. The maximum absolute atomic E-state index is 12.1. The van der Waals surface area contributed by atoms with Crippen molar-refractivity contribution in [3.8, 4) is 5.75 Å². The van der Waals surface area contributed by atoms with E-state index in [0.717, 1.165) is 23.3 Å². The van der Waals surface area contributed by atoms with Crippen LogP contribution < -0.4 is 10.5 Å². The molecular weight excluding hydrogens is 314 g/mol. The van der Waals surface area contributed by atoms with E-state index in [0.29, 0.717) is 13.0 Å². The lowest BCUT2D eigenvalue weighted by molar-refractivity contribution is -0.158. The van der Waals surface area contributed by atoms with Gasteiger partial charge in [-0.25, -0.2) is 0 Å². The number of carbonyl (C=O) groups excluding carboxylic acids is 1. The van der Waals surface area contributed by atoms with Crippen molar-refractivity contribution in [2.24, 2.45) is 5.73 Å². The first-order valence-corrected chi connectivity index (χ1v) is 8.64. The molecule has 0 spiro atoms. The van der Waals surface area contributed by atoms with Gasteiger partial charge in [0.15, 0.2) is 0 Å². The summed E-state index contributed by atoms with van der Waals surface area (Å²) >= 11 is 0. The fraction of sp³-hybridized carbons (Fsp3) is 0.381. The van der Waals surface area contributed by atoms with Gasteiger partial charge in [0.1, 0.15) is 24.0 Å². The van der Waals surface area contributed by atoms with E-state index in [1.165, 1.54) is 0 Å². The zero-order valence-electron chi connectivity index (χ0n) is 15.2. The second kappa shape index (κ2) is 8.67. The van der Waals surface area contributed by atoms with Crippen LogP contribution in [0.25, 0.3) is 0 Å². The van der Waals surface area contributed by atoms with Crippen molar-refractivity contribution >= 4 is 5.97 Å². The minimum Gasteiger partial charge on any atom is -0.489 e. The fourth-order valence-electron chi connectivity index (χ4n) is 2.22. The van der Waals surface area contributed by atoms with Gasteiger partial charge in [-0.3, -0.25) is 4.79 Å². The van der Waals surface area contributed by atoms with Crippen LogP contribution in [0.15, 0.2) is 54.6 Å². The molecule has 0 bridgehead atoms. The van der Waals surface area contributed by atoms with Gasteiger partial charge in [-0.2, -0.15) is 0 Å². The topological polar surface area (TPSA) is 61.5 Å². The molecule has 4 nitrogen and oxygen atoms in total. The largest absolute Gasteiger partial charge is 0.489 e. The highest BCUT2D eigenvalue weighted by molar-refractivity contribution is 5.76. The summed E-state index contributed by atoms with van der Waals surface area (Å²) < 4.78 is 11.2. The van der Waals surface area contributed by atoms with E-state index < -0.39 is 11.6 Å². The van der Waals surface area contributed by atoms with E-state index in [2.05, 4.69) is 0 Å². The van der Waals surface area contributed by atoms with Crippen molar-refractivity contribution in [2.75, 3.05) is 0 Å². The van der Waals surface area contributed by atoms with Crippen LogP contribution >= 0.6 is 0 Å². The molecule has 0 heterocycles. The zero-order valence-corrected chi connectivity index (χ0v) is 15.2. The average Bonchev–Trinajstić information content (AvgIpc) is 2.61. The molecule has 134 valence electrons. The van der Waals surface area contributed by atoms with Gasteiger partial charge in [0, 0.05) is 0 Å². The van der Waals surface area contributed by atoms with E-state index >= 15 is 0 Å². The monoisotopic (exact) mass is 341 g/mol. The number of carbonyl (C=O) groups is 1. The maximum atomic E-state index is 12.1. The molecule has 2 aromatic carbocycles. The number of rotatable bonds is 8. The molecule has 0 saturated carbocycles. The summed E-state index contributed by atoms with van der Waals surface area (Å²) in [7, 11) is 0. The smallest absolute Gasteiger partial charge is 0.323 e. The Kier molecular flexibility index (Phi) is 6.59. The van der Waals surface area contributed by atoms with Crippen LogP contribution in [0.1, 0.15) is 38.3 Å². The van der Waals surface area contributed by atoms with Crippen LogP contribution in [-0.4, -0.2) is 17.6 Å². The van der Waals surface area contributed by atoms with Crippen LogP contribution in [0.2, 0.25) is 0 Å². The first-order chi connectivity index (χ1) is 11.9. The SMILES string of the molecule is CCC(C)(C)OC(=O)C(N)Cc1ccc(OCc2ccccc2)cc1. The van der Waals surface area contributed by atoms with Crippen molar-refractivity contribution < 1.29 is 14.3 Å². The molecule has 0 aliphatic rings. The highest BCUT2D eigenvalue weighted by Crippen LogP contribution is 2.17. The molecule has 1 atom stereocenters. The normalized spacial score (nSPS) is 12.5. The summed E-state index contributed by atoms with van der Waals surface area (Å²) in [5.41, 5.74) is 7.59.